The predicted octanol–water partition coefficient (Wildman–Crippen LogP) is 2.04. The highest BCUT2D eigenvalue weighted by Gasteiger charge is 2.16. The van der Waals surface area contributed by atoms with Gasteiger partial charge in [0, 0.05) is 9.75 Å². The number of hydrogen-bond acceptors (Lipinski definition) is 4. The van der Waals surface area contributed by atoms with Crippen LogP contribution in [0.4, 0.5) is 0 Å². The van der Waals surface area contributed by atoms with Crippen LogP contribution in [0.5, 0.6) is 0 Å². The molecule has 0 aliphatic carbocycles. The first kappa shape index (κ1) is 15.6. The highest BCUT2D eigenvalue weighted by Crippen LogP contribution is 2.22. The number of nitrogens with one attached hydrogen (secondary N) is 2. The number of aryl methyl sites for hydroxylation is 1. The van der Waals surface area contributed by atoms with E-state index in [1.807, 2.05) is 33.0 Å². The van der Waals surface area contributed by atoms with E-state index in [1.165, 1.54) is 4.88 Å². The molecular formula is C12H22N2O2S2. The SMILES string of the molecule is CNCCCCS(=O)(=O)NC(C)c1ccc(C)s1. The van der Waals surface area contributed by atoms with Crippen LogP contribution in [-0.2, 0) is 10.0 Å². The molecule has 0 saturated heterocycles. The molecule has 1 atom stereocenters. The van der Waals surface area contributed by atoms with Crippen LogP contribution in [0.2, 0.25) is 0 Å². The Kier molecular flexibility index (Phi) is 6.28. The summed E-state index contributed by atoms with van der Waals surface area (Å²) in [7, 11) is -1.30. The van der Waals surface area contributed by atoms with Gasteiger partial charge in [0.2, 0.25) is 10.0 Å². The topological polar surface area (TPSA) is 58.2 Å². The first-order valence-corrected chi connectivity index (χ1v) is 8.62. The zero-order valence-electron chi connectivity index (χ0n) is 11.2. The quantitative estimate of drug-likeness (QED) is 0.720. The standard InChI is InChI=1S/C12H22N2O2S2/c1-10-6-7-12(17-10)11(2)14-18(15,16)9-5-4-8-13-3/h6-7,11,13-14H,4-5,8-9H2,1-3H3. The average Bonchev–Trinajstić information content (AvgIpc) is 2.71. The molecule has 0 aliphatic rings. The van der Waals surface area contributed by atoms with Crippen molar-refractivity contribution in [3.8, 4) is 0 Å². The number of sulfonamides is 1. The number of hydrogen-bond donors (Lipinski definition) is 2. The molecule has 0 amide bonds. The molecule has 1 aromatic heterocycles. The lowest BCUT2D eigenvalue weighted by molar-refractivity contribution is 0.563. The van der Waals surface area contributed by atoms with E-state index in [4.69, 9.17) is 0 Å². The smallest absolute Gasteiger partial charge is 0.212 e. The molecule has 4 nitrogen and oxygen atoms in total. The van der Waals surface area contributed by atoms with Gasteiger partial charge >= 0.3 is 0 Å². The lowest BCUT2D eigenvalue weighted by Crippen LogP contribution is -2.29. The molecule has 2 N–H and O–H groups in total. The Hall–Kier alpha value is -0.430. The van der Waals surface area contributed by atoms with Gasteiger partial charge in [-0.2, -0.15) is 0 Å². The fourth-order valence-electron chi connectivity index (χ4n) is 1.67. The van der Waals surface area contributed by atoms with Gasteiger partial charge in [-0.3, -0.25) is 0 Å². The van der Waals surface area contributed by atoms with Crippen molar-refractivity contribution >= 4 is 21.4 Å². The Morgan fingerprint density at radius 2 is 2.06 bits per heavy atom. The Balaban J connectivity index is 2.44. The number of thiophene rings is 1. The summed E-state index contributed by atoms with van der Waals surface area (Å²) in [6.45, 7) is 4.76. The molecule has 0 saturated carbocycles. The molecule has 1 heterocycles. The van der Waals surface area contributed by atoms with Crippen LogP contribution in [0.25, 0.3) is 0 Å². The molecule has 1 unspecified atom stereocenters. The monoisotopic (exact) mass is 290 g/mol. The van der Waals surface area contributed by atoms with Crippen molar-refractivity contribution in [2.24, 2.45) is 0 Å². The molecule has 0 spiro atoms. The minimum atomic E-state index is -3.17. The van der Waals surface area contributed by atoms with Crippen molar-refractivity contribution in [3.63, 3.8) is 0 Å². The summed E-state index contributed by atoms with van der Waals surface area (Å²) in [6, 6.07) is 3.85. The maximum Gasteiger partial charge on any atom is 0.212 e. The van der Waals surface area contributed by atoms with Crippen LogP contribution in [-0.4, -0.2) is 27.8 Å². The first-order valence-electron chi connectivity index (χ1n) is 6.15. The summed E-state index contributed by atoms with van der Waals surface area (Å²) in [5, 5.41) is 3.01. The van der Waals surface area contributed by atoms with E-state index in [-0.39, 0.29) is 11.8 Å². The first-order chi connectivity index (χ1) is 8.44. The van der Waals surface area contributed by atoms with E-state index in [2.05, 4.69) is 10.0 Å². The summed E-state index contributed by atoms with van der Waals surface area (Å²) in [4.78, 5) is 2.26. The third-order valence-corrected chi connectivity index (χ3v) is 5.36. The molecule has 0 aliphatic heterocycles. The van der Waals surface area contributed by atoms with Gasteiger partial charge in [-0.15, -0.1) is 11.3 Å². The van der Waals surface area contributed by atoms with Crippen molar-refractivity contribution in [3.05, 3.63) is 21.9 Å². The third-order valence-electron chi connectivity index (χ3n) is 2.63. The summed E-state index contributed by atoms with van der Waals surface area (Å²) in [5.74, 6) is 0.198. The van der Waals surface area contributed by atoms with Gasteiger partial charge in [0.05, 0.1) is 11.8 Å². The highest BCUT2D eigenvalue weighted by molar-refractivity contribution is 7.89. The minimum Gasteiger partial charge on any atom is -0.320 e. The molecule has 0 bridgehead atoms. The number of unbranched alkanes of at least 4 members (excludes halogenated alkanes) is 1. The van der Waals surface area contributed by atoms with Gasteiger partial charge in [0.15, 0.2) is 0 Å². The van der Waals surface area contributed by atoms with Crippen molar-refractivity contribution in [2.75, 3.05) is 19.3 Å². The van der Waals surface area contributed by atoms with Crippen molar-refractivity contribution in [1.82, 2.24) is 10.0 Å². The average molecular weight is 290 g/mol. The molecule has 1 rings (SSSR count). The molecule has 0 radical (unpaired) electrons. The van der Waals surface area contributed by atoms with Gasteiger partial charge in [-0.25, -0.2) is 13.1 Å². The summed E-state index contributed by atoms with van der Waals surface area (Å²) in [5.41, 5.74) is 0. The predicted molar refractivity (Wildman–Crippen MR) is 77.6 cm³/mol. The summed E-state index contributed by atoms with van der Waals surface area (Å²) in [6.07, 6.45) is 1.57. The zero-order chi connectivity index (χ0) is 13.6. The van der Waals surface area contributed by atoms with E-state index >= 15 is 0 Å². The Morgan fingerprint density at radius 1 is 1.33 bits per heavy atom. The van der Waals surface area contributed by atoms with Crippen molar-refractivity contribution < 1.29 is 8.42 Å². The van der Waals surface area contributed by atoms with Crippen LogP contribution in [0, 0.1) is 6.92 Å². The van der Waals surface area contributed by atoms with Gasteiger partial charge < -0.3 is 5.32 Å². The van der Waals surface area contributed by atoms with E-state index in [9.17, 15) is 8.42 Å². The lowest BCUT2D eigenvalue weighted by atomic mass is 10.3. The second-order valence-electron chi connectivity index (χ2n) is 4.42. The van der Waals surface area contributed by atoms with E-state index < -0.39 is 10.0 Å². The Bertz CT molecular complexity index is 454. The molecule has 1 aromatic rings. The Morgan fingerprint density at radius 3 is 2.61 bits per heavy atom. The fourth-order valence-corrected chi connectivity index (χ4v) is 3.99. The summed E-state index contributed by atoms with van der Waals surface area (Å²) < 4.78 is 26.4. The Labute approximate surface area is 114 Å². The van der Waals surface area contributed by atoms with E-state index in [0.29, 0.717) is 6.42 Å². The molecular weight excluding hydrogens is 268 g/mol. The van der Waals surface area contributed by atoms with Crippen molar-refractivity contribution in [1.29, 1.82) is 0 Å². The summed E-state index contributed by atoms with van der Waals surface area (Å²) >= 11 is 1.63. The molecule has 0 fully saturated rings. The van der Waals surface area contributed by atoms with Gasteiger partial charge in [0.1, 0.15) is 0 Å². The largest absolute Gasteiger partial charge is 0.320 e. The van der Waals surface area contributed by atoms with E-state index in [1.54, 1.807) is 11.3 Å². The lowest BCUT2D eigenvalue weighted by Gasteiger charge is -2.12. The highest BCUT2D eigenvalue weighted by atomic mass is 32.2. The molecule has 104 valence electrons. The minimum absolute atomic E-state index is 0.141. The molecule has 18 heavy (non-hydrogen) atoms. The van der Waals surface area contributed by atoms with E-state index in [0.717, 1.165) is 17.8 Å². The zero-order valence-corrected chi connectivity index (χ0v) is 12.8. The maximum atomic E-state index is 11.9. The van der Waals surface area contributed by atoms with Crippen LogP contribution in [0.3, 0.4) is 0 Å². The van der Waals surface area contributed by atoms with Crippen LogP contribution < -0.4 is 10.0 Å². The van der Waals surface area contributed by atoms with Gasteiger partial charge in [-0.05, 0) is 52.4 Å². The second kappa shape index (κ2) is 7.23. The van der Waals surface area contributed by atoms with Crippen LogP contribution >= 0.6 is 11.3 Å². The number of rotatable bonds is 8. The van der Waals surface area contributed by atoms with Crippen molar-refractivity contribution in [2.45, 2.75) is 32.7 Å². The van der Waals surface area contributed by atoms with Gasteiger partial charge in [-0.1, -0.05) is 0 Å². The van der Waals surface area contributed by atoms with Crippen LogP contribution in [0.15, 0.2) is 12.1 Å². The molecule has 6 heteroatoms. The molecule has 0 aromatic carbocycles. The second-order valence-corrected chi connectivity index (χ2v) is 7.61. The fraction of sp³-hybridized carbons (Fsp3) is 0.667. The third kappa shape index (κ3) is 5.48. The van der Waals surface area contributed by atoms with Crippen LogP contribution in [0.1, 0.15) is 35.6 Å². The van der Waals surface area contributed by atoms with Gasteiger partial charge in [0.25, 0.3) is 0 Å². The normalized spacial score (nSPS) is 13.7. The maximum absolute atomic E-state index is 11.9.